The van der Waals surface area contributed by atoms with Crippen molar-refractivity contribution in [1.82, 2.24) is 9.97 Å². The third-order valence-electron chi connectivity index (χ3n) is 2.97. The van der Waals surface area contributed by atoms with E-state index in [0.717, 1.165) is 12.8 Å². The van der Waals surface area contributed by atoms with Crippen LogP contribution in [0.3, 0.4) is 0 Å². The molecule has 19 heavy (non-hydrogen) atoms. The fourth-order valence-corrected chi connectivity index (χ4v) is 1.98. The Labute approximate surface area is 114 Å². The molecule has 1 fully saturated rings. The Morgan fingerprint density at radius 1 is 1.37 bits per heavy atom. The summed E-state index contributed by atoms with van der Waals surface area (Å²) in [6.45, 7) is 3.17. The fraction of sp³-hybridized carbons (Fsp3) is 0.667. The molecule has 1 aromatic heterocycles. The zero-order chi connectivity index (χ0) is 14.2. The maximum absolute atomic E-state index is 12.3. The first-order valence-electron chi connectivity index (χ1n) is 6.13. The Hall–Kier alpha value is -1.04. The van der Waals surface area contributed by atoms with Gasteiger partial charge < -0.3 is 5.32 Å². The first-order chi connectivity index (χ1) is 8.76. The van der Waals surface area contributed by atoms with E-state index in [9.17, 15) is 13.2 Å². The van der Waals surface area contributed by atoms with Crippen LogP contribution in [0.5, 0.6) is 0 Å². The van der Waals surface area contributed by atoms with Gasteiger partial charge in [-0.2, -0.15) is 13.2 Å². The number of halogens is 4. The Morgan fingerprint density at radius 2 is 2.00 bits per heavy atom. The lowest BCUT2D eigenvalue weighted by atomic mass is 10.2. The summed E-state index contributed by atoms with van der Waals surface area (Å²) in [5.74, 6) is 1.33. The quantitative estimate of drug-likeness (QED) is 0.850. The highest BCUT2D eigenvalue weighted by molar-refractivity contribution is 6.30. The molecule has 1 heterocycles. The predicted octanol–water partition coefficient (Wildman–Crippen LogP) is 4.07. The molecular weight excluding hydrogens is 279 g/mol. The molecule has 0 aliphatic heterocycles. The normalized spacial score (nSPS) is 17.4. The van der Waals surface area contributed by atoms with Crippen LogP contribution in [0, 0.1) is 6.92 Å². The molecule has 1 aliphatic carbocycles. The van der Waals surface area contributed by atoms with Gasteiger partial charge in [-0.3, -0.25) is 0 Å². The van der Waals surface area contributed by atoms with E-state index in [4.69, 9.17) is 11.6 Å². The molecule has 0 bridgehead atoms. The first-order valence-corrected chi connectivity index (χ1v) is 6.51. The lowest BCUT2D eigenvalue weighted by molar-refractivity contribution is -0.136. The van der Waals surface area contributed by atoms with Crippen molar-refractivity contribution >= 4 is 17.4 Å². The minimum atomic E-state index is -4.20. The number of aromatic nitrogens is 2. The van der Waals surface area contributed by atoms with Crippen LogP contribution in [-0.2, 0) is 0 Å². The number of nitrogens with one attached hydrogen (secondary N) is 1. The number of alkyl halides is 3. The second-order valence-corrected chi connectivity index (χ2v) is 5.34. The molecule has 0 amide bonds. The van der Waals surface area contributed by atoms with Crippen LogP contribution in [0.1, 0.15) is 43.5 Å². The summed E-state index contributed by atoms with van der Waals surface area (Å²) in [5, 5.41) is 3.08. The van der Waals surface area contributed by atoms with Crippen LogP contribution >= 0.6 is 11.6 Å². The van der Waals surface area contributed by atoms with Crippen molar-refractivity contribution < 1.29 is 13.2 Å². The van der Waals surface area contributed by atoms with Gasteiger partial charge in [0.25, 0.3) is 0 Å². The average Bonchev–Trinajstić information content (AvgIpc) is 3.05. The van der Waals surface area contributed by atoms with Crippen molar-refractivity contribution in [2.75, 3.05) is 5.32 Å². The third-order valence-corrected chi connectivity index (χ3v) is 3.33. The molecule has 0 spiro atoms. The van der Waals surface area contributed by atoms with Crippen LogP contribution in [0.2, 0.25) is 5.15 Å². The lowest BCUT2D eigenvalue weighted by Gasteiger charge is -2.18. The summed E-state index contributed by atoms with van der Waals surface area (Å²) in [6.07, 6.45) is -3.09. The van der Waals surface area contributed by atoms with Gasteiger partial charge in [0.15, 0.2) is 0 Å². The van der Waals surface area contributed by atoms with E-state index in [0.29, 0.717) is 28.3 Å². The molecule has 7 heteroatoms. The zero-order valence-electron chi connectivity index (χ0n) is 10.7. The standard InChI is InChI=1S/C12H15ClF3N3/c1-6(5-12(14,15)16)17-10-7(2)9(13)18-11(19-10)8-3-4-8/h6,8H,3-5H2,1-2H3,(H,17,18,19). The summed E-state index contributed by atoms with van der Waals surface area (Å²) in [6, 6.07) is -0.753. The van der Waals surface area contributed by atoms with Gasteiger partial charge in [-0.15, -0.1) is 0 Å². The van der Waals surface area contributed by atoms with Gasteiger partial charge in [-0.25, -0.2) is 9.97 Å². The van der Waals surface area contributed by atoms with Crippen LogP contribution in [-0.4, -0.2) is 22.2 Å². The molecule has 1 aliphatic rings. The van der Waals surface area contributed by atoms with Gasteiger partial charge in [-0.05, 0) is 26.7 Å². The van der Waals surface area contributed by atoms with E-state index in [2.05, 4.69) is 15.3 Å². The molecule has 1 N–H and O–H groups in total. The van der Waals surface area contributed by atoms with Crippen LogP contribution in [0.25, 0.3) is 0 Å². The topological polar surface area (TPSA) is 37.8 Å². The molecule has 0 radical (unpaired) electrons. The summed E-state index contributed by atoms with van der Waals surface area (Å²) in [5.41, 5.74) is 0.583. The van der Waals surface area contributed by atoms with Gasteiger partial charge in [-0.1, -0.05) is 11.6 Å². The van der Waals surface area contributed by atoms with E-state index >= 15 is 0 Å². The Balaban J connectivity index is 2.14. The molecule has 0 aromatic carbocycles. The first kappa shape index (κ1) is 14.4. The van der Waals surface area contributed by atoms with Crippen molar-refractivity contribution in [2.45, 2.75) is 51.2 Å². The SMILES string of the molecule is Cc1c(Cl)nc(C2CC2)nc1NC(C)CC(F)(F)F. The fourth-order valence-electron chi connectivity index (χ4n) is 1.80. The van der Waals surface area contributed by atoms with Crippen LogP contribution in [0.15, 0.2) is 0 Å². The van der Waals surface area contributed by atoms with E-state index in [1.807, 2.05) is 0 Å². The summed E-state index contributed by atoms with van der Waals surface area (Å²) >= 11 is 5.99. The average molecular weight is 294 g/mol. The Bertz CT molecular complexity index is 472. The van der Waals surface area contributed by atoms with Crippen molar-refractivity contribution in [3.8, 4) is 0 Å². The molecule has 1 unspecified atom stereocenters. The zero-order valence-corrected chi connectivity index (χ0v) is 11.4. The maximum atomic E-state index is 12.3. The second kappa shape index (κ2) is 5.15. The van der Waals surface area contributed by atoms with Crippen molar-refractivity contribution in [3.63, 3.8) is 0 Å². The van der Waals surface area contributed by atoms with Gasteiger partial charge in [0.1, 0.15) is 16.8 Å². The lowest BCUT2D eigenvalue weighted by Crippen LogP contribution is -2.25. The molecular formula is C12H15ClF3N3. The van der Waals surface area contributed by atoms with Gasteiger partial charge >= 0.3 is 6.18 Å². The summed E-state index contributed by atoms with van der Waals surface area (Å²) < 4.78 is 36.9. The highest BCUT2D eigenvalue weighted by Gasteiger charge is 2.31. The van der Waals surface area contributed by atoms with Crippen LogP contribution in [0.4, 0.5) is 19.0 Å². The highest BCUT2D eigenvalue weighted by atomic mass is 35.5. The van der Waals surface area contributed by atoms with E-state index in [1.54, 1.807) is 6.92 Å². The third kappa shape index (κ3) is 3.96. The number of nitrogens with zero attached hydrogens (tertiary/aromatic N) is 2. The molecule has 0 saturated heterocycles. The molecule has 1 aromatic rings. The molecule has 3 nitrogen and oxygen atoms in total. The van der Waals surface area contributed by atoms with E-state index < -0.39 is 18.6 Å². The molecule has 2 rings (SSSR count). The van der Waals surface area contributed by atoms with E-state index in [-0.39, 0.29) is 0 Å². The number of hydrogen-bond acceptors (Lipinski definition) is 3. The molecule has 106 valence electrons. The van der Waals surface area contributed by atoms with Crippen LogP contribution < -0.4 is 5.32 Å². The van der Waals surface area contributed by atoms with Crippen molar-refractivity contribution in [3.05, 3.63) is 16.5 Å². The van der Waals surface area contributed by atoms with Gasteiger partial charge in [0.05, 0.1) is 6.42 Å². The number of hydrogen-bond donors (Lipinski definition) is 1. The Kier molecular flexibility index (Phi) is 3.90. The van der Waals surface area contributed by atoms with Gasteiger partial charge in [0.2, 0.25) is 0 Å². The smallest absolute Gasteiger partial charge is 0.367 e. The summed E-state index contributed by atoms with van der Waals surface area (Å²) in [4.78, 5) is 8.46. The highest BCUT2D eigenvalue weighted by Crippen LogP contribution is 2.39. The molecule has 1 saturated carbocycles. The minimum absolute atomic E-state index is 0.302. The van der Waals surface area contributed by atoms with E-state index in [1.165, 1.54) is 6.92 Å². The summed E-state index contributed by atoms with van der Waals surface area (Å²) in [7, 11) is 0. The van der Waals surface area contributed by atoms with Crippen molar-refractivity contribution in [2.24, 2.45) is 0 Å². The van der Waals surface area contributed by atoms with Crippen molar-refractivity contribution in [1.29, 1.82) is 0 Å². The monoisotopic (exact) mass is 293 g/mol. The Morgan fingerprint density at radius 3 is 2.53 bits per heavy atom. The minimum Gasteiger partial charge on any atom is -0.367 e. The second-order valence-electron chi connectivity index (χ2n) is 4.99. The number of anilines is 1. The maximum Gasteiger partial charge on any atom is 0.391 e. The number of rotatable bonds is 4. The largest absolute Gasteiger partial charge is 0.391 e. The molecule has 1 atom stereocenters. The predicted molar refractivity (Wildman–Crippen MR) is 67.5 cm³/mol. The van der Waals surface area contributed by atoms with Gasteiger partial charge in [0, 0.05) is 17.5 Å².